The molecular weight excluding hydrogens is 330 g/mol. The lowest BCUT2D eigenvalue weighted by Crippen LogP contribution is -2.11. The quantitative estimate of drug-likeness (QED) is 0.260. The molecule has 2 aromatic carbocycles. The maximum absolute atomic E-state index is 11.2. The van der Waals surface area contributed by atoms with Gasteiger partial charge < -0.3 is 14.9 Å². The van der Waals surface area contributed by atoms with E-state index in [0.717, 1.165) is 17.7 Å². The van der Waals surface area contributed by atoms with Crippen molar-refractivity contribution in [3.63, 3.8) is 0 Å². The minimum absolute atomic E-state index is 0.142. The van der Waals surface area contributed by atoms with Gasteiger partial charge in [0.25, 0.3) is 5.69 Å². The van der Waals surface area contributed by atoms with Crippen molar-refractivity contribution < 1.29 is 29.5 Å². The first-order valence-electron chi connectivity index (χ1n) is 7.02. The fourth-order valence-corrected chi connectivity index (χ4v) is 2.00. The summed E-state index contributed by atoms with van der Waals surface area (Å²) < 4.78 is 5.48. The molecule has 0 spiro atoms. The van der Waals surface area contributed by atoms with E-state index in [-0.39, 0.29) is 17.9 Å². The monoisotopic (exact) mass is 343 g/mol. The molecule has 0 aliphatic heterocycles. The third kappa shape index (κ3) is 4.64. The molecule has 0 aliphatic carbocycles. The zero-order valence-corrected chi connectivity index (χ0v) is 12.8. The van der Waals surface area contributed by atoms with E-state index in [1.807, 2.05) is 30.3 Å². The molecule has 0 bridgehead atoms. The van der Waals surface area contributed by atoms with Crippen LogP contribution in [0.3, 0.4) is 0 Å². The standard InChI is InChI=1S/C17H13NO7/c19-16(20)14(17(21)22)8-12-6-7-13(9-15(12)18(23)24)25-10-11-4-2-1-3-5-11/h1-9H,10H2,(H,19,20)(H,21,22). The van der Waals surface area contributed by atoms with Gasteiger partial charge >= 0.3 is 11.9 Å². The number of nitrogens with zero attached hydrogens (tertiary/aromatic N) is 1. The Hall–Kier alpha value is -3.68. The smallest absolute Gasteiger partial charge is 0.343 e. The molecule has 0 atom stereocenters. The highest BCUT2D eigenvalue weighted by molar-refractivity contribution is 6.16. The van der Waals surface area contributed by atoms with Gasteiger partial charge in [0.15, 0.2) is 0 Å². The minimum atomic E-state index is -1.69. The molecule has 2 N–H and O–H groups in total. The summed E-state index contributed by atoms with van der Waals surface area (Å²) in [6.07, 6.45) is 0.740. The molecule has 2 aromatic rings. The van der Waals surface area contributed by atoms with E-state index < -0.39 is 28.1 Å². The number of benzene rings is 2. The first kappa shape index (κ1) is 17.7. The Bertz CT molecular complexity index is 827. The Morgan fingerprint density at radius 1 is 1.08 bits per heavy atom. The van der Waals surface area contributed by atoms with E-state index in [2.05, 4.69) is 0 Å². The van der Waals surface area contributed by atoms with Gasteiger partial charge in [-0.05, 0) is 23.8 Å². The van der Waals surface area contributed by atoms with Crippen LogP contribution in [-0.4, -0.2) is 27.1 Å². The van der Waals surface area contributed by atoms with Crippen molar-refractivity contribution in [2.45, 2.75) is 6.61 Å². The van der Waals surface area contributed by atoms with Crippen LogP contribution in [0, 0.1) is 10.1 Å². The predicted octanol–water partition coefficient (Wildman–Crippen LogP) is 2.73. The number of nitro groups is 1. The summed E-state index contributed by atoms with van der Waals surface area (Å²) in [5, 5.41) is 28.9. The topological polar surface area (TPSA) is 127 Å². The number of carbonyl (C=O) groups is 2. The molecule has 0 aliphatic rings. The molecule has 0 amide bonds. The molecule has 0 aromatic heterocycles. The molecule has 128 valence electrons. The minimum Gasteiger partial charge on any atom is -0.489 e. The lowest BCUT2D eigenvalue weighted by atomic mass is 10.1. The van der Waals surface area contributed by atoms with Gasteiger partial charge in [0.1, 0.15) is 17.9 Å². The summed E-state index contributed by atoms with van der Waals surface area (Å²) in [4.78, 5) is 32.3. The normalized spacial score (nSPS) is 9.92. The van der Waals surface area contributed by atoms with Crippen molar-refractivity contribution in [1.29, 1.82) is 0 Å². The van der Waals surface area contributed by atoms with E-state index in [1.54, 1.807) is 0 Å². The maximum atomic E-state index is 11.2. The summed E-state index contributed by atoms with van der Waals surface area (Å²) in [6, 6.07) is 12.9. The second-order valence-corrected chi connectivity index (χ2v) is 4.92. The highest BCUT2D eigenvalue weighted by atomic mass is 16.6. The van der Waals surface area contributed by atoms with Crippen LogP contribution in [0.25, 0.3) is 6.08 Å². The average molecular weight is 343 g/mol. The number of hydrogen-bond donors (Lipinski definition) is 2. The summed E-state index contributed by atoms with van der Waals surface area (Å²) in [6.45, 7) is 0.197. The summed E-state index contributed by atoms with van der Waals surface area (Å²) in [5.74, 6) is -3.17. The molecule has 2 rings (SSSR count). The van der Waals surface area contributed by atoms with Gasteiger partial charge in [0.05, 0.1) is 16.6 Å². The Morgan fingerprint density at radius 2 is 1.72 bits per heavy atom. The van der Waals surface area contributed by atoms with Gasteiger partial charge in [-0.2, -0.15) is 0 Å². The summed E-state index contributed by atoms with van der Waals surface area (Å²) in [7, 11) is 0. The van der Waals surface area contributed by atoms with Crippen LogP contribution < -0.4 is 4.74 Å². The zero-order valence-electron chi connectivity index (χ0n) is 12.8. The van der Waals surface area contributed by atoms with Crippen LogP contribution in [0.4, 0.5) is 5.69 Å². The molecule has 8 heteroatoms. The molecule has 0 radical (unpaired) electrons. The van der Waals surface area contributed by atoms with Crippen LogP contribution >= 0.6 is 0 Å². The van der Waals surface area contributed by atoms with Gasteiger partial charge in [0, 0.05) is 0 Å². The summed E-state index contributed by atoms with van der Waals surface area (Å²) >= 11 is 0. The van der Waals surface area contributed by atoms with E-state index >= 15 is 0 Å². The Labute approximate surface area is 141 Å². The largest absolute Gasteiger partial charge is 0.489 e. The molecule has 25 heavy (non-hydrogen) atoms. The zero-order chi connectivity index (χ0) is 18.4. The second-order valence-electron chi connectivity index (χ2n) is 4.92. The lowest BCUT2D eigenvalue weighted by Gasteiger charge is -2.07. The van der Waals surface area contributed by atoms with E-state index in [4.69, 9.17) is 14.9 Å². The fourth-order valence-electron chi connectivity index (χ4n) is 2.00. The van der Waals surface area contributed by atoms with Crippen molar-refractivity contribution in [3.05, 3.63) is 75.3 Å². The van der Waals surface area contributed by atoms with Crippen LogP contribution in [-0.2, 0) is 16.2 Å². The third-order valence-corrected chi connectivity index (χ3v) is 3.21. The fraction of sp³-hybridized carbons (Fsp3) is 0.0588. The lowest BCUT2D eigenvalue weighted by molar-refractivity contribution is -0.385. The van der Waals surface area contributed by atoms with Crippen molar-refractivity contribution in [3.8, 4) is 5.75 Å². The number of carboxylic acid groups (broad SMARTS) is 2. The number of hydrogen-bond acceptors (Lipinski definition) is 5. The molecule has 0 fully saturated rings. The molecule has 0 saturated heterocycles. The van der Waals surface area contributed by atoms with Crippen molar-refractivity contribution in [1.82, 2.24) is 0 Å². The molecule has 0 unspecified atom stereocenters. The van der Waals surface area contributed by atoms with Crippen molar-refractivity contribution in [2.75, 3.05) is 0 Å². The van der Waals surface area contributed by atoms with E-state index in [1.165, 1.54) is 12.1 Å². The van der Waals surface area contributed by atoms with Crippen LogP contribution in [0.1, 0.15) is 11.1 Å². The highest BCUT2D eigenvalue weighted by Crippen LogP contribution is 2.27. The van der Waals surface area contributed by atoms with Gasteiger partial charge in [-0.25, -0.2) is 9.59 Å². The van der Waals surface area contributed by atoms with Crippen LogP contribution in [0.5, 0.6) is 5.75 Å². The van der Waals surface area contributed by atoms with Crippen molar-refractivity contribution in [2.24, 2.45) is 0 Å². The summed E-state index contributed by atoms with van der Waals surface area (Å²) in [5.41, 5.74) is -0.698. The molecular formula is C17H13NO7. The Balaban J connectivity index is 2.31. The first-order chi connectivity index (χ1) is 11.9. The highest BCUT2D eigenvalue weighted by Gasteiger charge is 2.20. The number of rotatable bonds is 7. The SMILES string of the molecule is O=C(O)C(=Cc1ccc(OCc2ccccc2)cc1[N+](=O)[O-])C(=O)O. The average Bonchev–Trinajstić information content (AvgIpc) is 2.58. The van der Waals surface area contributed by atoms with Gasteiger partial charge in [-0.3, -0.25) is 10.1 Å². The van der Waals surface area contributed by atoms with Crippen LogP contribution in [0.15, 0.2) is 54.1 Å². The number of ether oxygens (including phenoxy) is 1. The third-order valence-electron chi connectivity index (χ3n) is 3.21. The Kier molecular flexibility index (Phi) is 5.47. The molecule has 0 saturated carbocycles. The van der Waals surface area contributed by atoms with E-state index in [0.29, 0.717) is 0 Å². The number of nitro benzene ring substituents is 1. The predicted molar refractivity (Wildman–Crippen MR) is 87.1 cm³/mol. The van der Waals surface area contributed by atoms with Crippen LogP contribution in [0.2, 0.25) is 0 Å². The molecule has 8 nitrogen and oxygen atoms in total. The second kappa shape index (κ2) is 7.73. The number of aliphatic carboxylic acids is 2. The maximum Gasteiger partial charge on any atom is 0.343 e. The number of carboxylic acids is 2. The molecule has 0 heterocycles. The Morgan fingerprint density at radius 3 is 2.28 bits per heavy atom. The first-order valence-corrected chi connectivity index (χ1v) is 7.02. The van der Waals surface area contributed by atoms with Gasteiger partial charge in [-0.15, -0.1) is 0 Å². The van der Waals surface area contributed by atoms with E-state index in [9.17, 15) is 19.7 Å². The van der Waals surface area contributed by atoms with Gasteiger partial charge in [0.2, 0.25) is 0 Å². The van der Waals surface area contributed by atoms with Gasteiger partial charge in [-0.1, -0.05) is 30.3 Å². The van der Waals surface area contributed by atoms with Crippen molar-refractivity contribution >= 4 is 23.7 Å².